The summed E-state index contributed by atoms with van der Waals surface area (Å²) in [5.41, 5.74) is 0.538. The van der Waals surface area contributed by atoms with E-state index >= 15 is 0 Å². The van der Waals surface area contributed by atoms with E-state index in [0.717, 1.165) is 31.6 Å². The summed E-state index contributed by atoms with van der Waals surface area (Å²) < 4.78 is 0.511. The number of anilines is 1. The van der Waals surface area contributed by atoms with Gasteiger partial charge in [-0.05, 0) is 56.2 Å². The molecule has 0 aliphatic rings. The molecule has 102 valence electrons. The van der Waals surface area contributed by atoms with E-state index in [1.807, 2.05) is 0 Å². The van der Waals surface area contributed by atoms with E-state index in [1.54, 1.807) is 6.20 Å². The Labute approximate surface area is 116 Å². The van der Waals surface area contributed by atoms with Crippen molar-refractivity contribution in [3.05, 3.63) is 21.0 Å². The van der Waals surface area contributed by atoms with E-state index < -0.39 is 0 Å². The van der Waals surface area contributed by atoms with Crippen LogP contribution in [0.4, 0.5) is 5.69 Å². The molecule has 0 amide bonds. The summed E-state index contributed by atoms with van der Waals surface area (Å²) in [6.45, 7) is 6.32. The summed E-state index contributed by atoms with van der Waals surface area (Å²) in [6.07, 6.45) is 3.82. The number of nitrogens with one attached hydrogen (secondary N) is 2. The van der Waals surface area contributed by atoms with Crippen LogP contribution < -0.4 is 10.9 Å². The minimum atomic E-state index is -0.209. The number of aromatic amines is 1. The highest BCUT2D eigenvalue weighted by Crippen LogP contribution is 2.15. The van der Waals surface area contributed by atoms with Gasteiger partial charge in [0, 0.05) is 12.6 Å². The highest BCUT2D eigenvalue weighted by Gasteiger charge is 2.04. The van der Waals surface area contributed by atoms with Gasteiger partial charge in [-0.2, -0.15) is 5.10 Å². The van der Waals surface area contributed by atoms with Crippen LogP contribution in [0, 0.1) is 0 Å². The van der Waals surface area contributed by atoms with Crippen molar-refractivity contribution >= 4 is 21.6 Å². The second kappa shape index (κ2) is 7.53. The van der Waals surface area contributed by atoms with Crippen molar-refractivity contribution in [2.45, 2.75) is 32.7 Å². The van der Waals surface area contributed by atoms with Gasteiger partial charge in [0.25, 0.3) is 5.56 Å². The molecule has 0 saturated heterocycles. The second-order valence-electron chi connectivity index (χ2n) is 4.64. The summed E-state index contributed by atoms with van der Waals surface area (Å²) in [7, 11) is 2.13. The molecule has 0 atom stereocenters. The van der Waals surface area contributed by atoms with Crippen molar-refractivity contribution in [2.24, 2.45) is 0 Å². The lowest BCUT2D eigenvalue weighted by Crippen LogP contribution is -2.27. The maximum atomic E-state index is 11.3. The molecule has 18 heavy (non-hydrogen) atoms. The van der Waals surface area contributed by atoms with E-state index in [9.17, 15) is 4.79 Å². The van der Waals surface area contributed by atoms with Crippen LogP contribution in [0.25, 0.3) is 0 Å². The van der Waals surface area contributed by atoms with Gasteiger partial charge < -0.3 is 10.2 Å². The molecule has 2 N–H and O–H groups in total. The Morgan fingerprint density at radius 2 is 2.22 bits per heavy atom. The van der Waals surface area contributed by atoms with Crippen LogP contribution in [0.1, 0.15) is 26.7 Å². The number of unbranched alkanes of at least 4 members (excludes halogenated alkanes) is 1. The number of nitrogens with zero attached hydrogens (tertiary/aromatic N) is 2. The van der Waals surface area contributed by atoms with Gasteiger partial charge >= 0.3 is 0 Å². The predicted molar refractivity (Wildman–Crippen MR) is 78.0 cm³/mol. The average Bonchev–Trinajstić information content (AvgIpc) is 2.33. The van der Waals surface area contributed by atoms with Gasteiger partial charge in [-0.25, -0.2) is 5.10 Å². The van der Waals surface area contributed by atoms with Gasteiger partial charge in [0.1, 0.15) is 4.47 Å². The number of halogens is 1. The topological polar surface area (TPSA) is 61.0 Å². The maximum absolute atomic E-state index is 11.3. The fourth-order valence-corrected chi connectivity index (χ4v) is 1.81. The van der Waals surface area contributed by atoms with Crippen molar-refractivity contribution in [1.82, 2.24) is 15.1 Å². The summed E-state index contributed by atoms with van der Waals surface area (Å²) in [4.78, 5) is 13.6. The molecule has 5 nitrogen and oxygen atoms in total. The number of H-pyrrole nitrogens is 1. The lowest BCUT2D eigenvalue weighted by molar-refractivity contribution is 0.269. The van der Waals surface area contributed by atoms with Gasteiger partial charge in [-0.15, -0.1) is 0 Å². The molecular formula is C12H21BrN4O. The summed E-state index contributed by atoms with van der Waals surface area (Å²) >= 11 is 3.24. The molecule has 0 fully saturated rings. The van der Waals surface area contributed by atoms with Crippen LogP contribution in [-0.2, 0) is 0 Å². The molecule has 1 heterocycles. The van der Waals surface area contributed by atoms with Crippen molar-refractivity contribution in [3.63, 3.8) is 0 Å². The van der Waals surface area contributed by atoms with Gasteiger partial charge in [0.15, 0.2) is 0 Å². The Hall–Kier alpha value is -0.880. The first kappa shape index (κ1) is 15.2. The summed E-state index contributed by atoms with van der Waals surface area (Å²) in [6, 6.07) is 0.587. The first-order valence-electron chi connectivity index (χ1n) is 6.19. The number of rotatable bonds is 7. The predicted octanol–water partition coefficient (Wildman–Crippen LogP) is 2.06. The Morgan fingerprint density at radius 3 is 2.89 bits per heavy atom. The number of hydrogen-bond acceptors (Lipinski definition) is 4. The third-order valence-electron chi connectivity index (χ3n) is 2.93. The lowest BCUT2D eigenvalue weighted by Gasteiger charge is -2.20. The van der Waals surface area contributed by atoms with Gasteiger partial charge in [0.2, 0.25) is 0 Å². The van der Waals surface area contributed by atoms with Gasteiger partial charge in [0.05, 0.1) is 11.9 Å². The highest BCUT2D eigenvalue weighted by molar-refractivity contribution is 9.10. The maximum Gasteiger partial charge on any atom is 0.280 e. The lowest BCUT2D eigenvalue weighted by atomic mass is 10.2. The monoisotopic (exact) mass is 316 g/mol. The SMILES string of the molecule is CC(C)N(C)CCCCNc1cn[nH]c(=O)c1Br. The molecule has 1 aromatic heterocycles. The molecule has 0 saturated carbocycles. The summed E-state index contributed by atoms with van der Waals surface area (Å²) in [5, 5.41) is 9.34. The minimum absolute atomic E-state index is 0.209. The molecule has 1 aromatic rings. The quantitative estimate of drug-likeness (QED) is 0.756. The fraction of sp³-hybridized carbons (Fsp3) is 0.667. The molecule has 6 heteroatoms. The van der Waals surface area contributed by atoms with Crippen molar-refractivity contribution in [3.8, 4) is 0 Å². The first-order valence-corrected chi connectivity index (χ1v) is 6.99. The normalized spacial score (nSPS) is 11.2. The zero-order valence-electron chi connectivity index (χ0n) is 11.2. The van der Waals surface area contributed by atoms with E-state index in [1.165, 1.54) is 0 Å². The van der Waals surface area contributed by atoms with Crippen molar-refractivity contribution < 1.29 is 0 Å². The summed E-state index contributed by atoms with van der Waals surface area (Å²) in [5.74, 6) is 0. The van der Waals surface area contributed by atoms with Crippen molar-refractivity contribution in [2.75, 3.05) is 25.5 Å². The Morgan fingerprint density at radius 1 is 1.50 bits per heavy atom. The van der Waals surface area contributed by atoms with Gasteiger partial charge in [-0.3, -0.25) is 4.79 Å². The van der Waals surface area contributed by atoms with Crippen LogP contribution in [0.15, 0.2) is 15.5 Å². The van der Waals surface area contributed by atoms with E-state index in [2.05, 4.69) is 57.2 Å². The highest BCUT2D eigenvalue weighted by atomic mass is 79.9. The Balaban J connectivity index is 2.26. The molecule has 0 radical (unpaired) electrons. The largest absolute Gasteiger partial charge is 0.383 e. The molecule has 0 spiro atoms. The molecule has 0 bridgehead atoms. The second-order valence-corrected chi connectivity index (χ2v) is 5.43. The fourth-order valence-electron chi connectivity index (χ4n) is 1.47. The molecular weight excluding hydrogens is 296 g/mol. The average molecular weight is 317 g/mol. The third-order valence-corrected chi connectivity index (χ3v) is 3.72. The van der Waals surface area contributed by atoms with E-state index in [4.69, 9.17) is 0 Å². The van der Waals surface area contributed by atoms with Crippen molar-refractivity contribution in [1.29, 1.82) is 0 Å². The zero-order chi connectivity index (χ0) is 13.5. The molecule has 1 rings (SSSR count). The molecule has 0 aliphatic carbocycles. The van der Waals surface area contributed by atoms with Crippen LogP contribution in [-0.4, -0.2) is 41.3 Å². The standard InChI is InChI=1S/C12H21BrN4O/c1-9(2)17(3)7-5-4-6-14-10-8-15-16-12(18)11(10)13/h8-9H,4-7H2,1-3H3,(H2,14,16,18). The minimum Gasteiger partial charge on any atom is -0.383 e. The van der Waals surface area contributed by atoms with Gasteiger partial charge in [-0.1, -0.05) is 0 Å². The van der Waals surface area contributed by atoms with Crippen LogP contribution >= 0.6 is 15.9 Å². The third kappa shape index (κ3) is 4.78. The Kier molecular flexibility index (Phi) is 6.35. The molecule has 0 aromatic carbocycles. The smallest absolute Gasteiger partial charge is 0.280 e. The van der Waals surface area contributed by atoms with E-state index in [0.29, 0.717) is 10.5 Å². The number of hydrogen-bond donors (Lipinski definition) is 2. The molecule has 0 aliphatic heterocycles. The van der Waals surface area contributed by atoms with Crippen LogP contribution in [0.5, 0.6) is 0 Å². The zero-order valence-corrected chi connectivity index (χ0v) is 12.7. The Bertz CT molecular complexity index is 419. The van der Waals surface area contributed by atoms with Crippen LogP contribution in [0.2, 0.25) is 0 Å². The number of aromatic nitrogens is 2. The first-order chi connectivity index (χ1) is 8.52. The van der Waals surface area contributed by atoms with Crippen LogP contribution in [0.3, 0.4) is 0 Å². The van der Waals surface area contributed by atoms with E-state index in [-0.39, 0.29) is 5.56 Å². The molecule has 0 unspecified atom stereocenters.